The van der Waals surface area contributed by atoms with Crippen LogP contribution in [0.2, 0.25) is 0 Å². The van der Waals surface area contributed by atoms with Gasteiger partial charge in [0.1, 0.15) is 5.75 Å². The molecule has 3 nitrogen and oxygen atoms in total. The molecule has 1 aliphatic heterocycles. The van der Waals surface area contributed by atoms with Gasteiger partial charge in [-0.25, -0.2) is 0 Å². The molecule has 3 heteroatoms. The zero-order valence-corrected chi connectivity index (χ0v) is 7.37. The first-order valence-electron chi connectivity index (χ1n) is 4.36. The van der Waals surface area contributed by atoms with Gasteiger partial charge in [-0.1, -0.05) is 13.0 Å². The number of amides is 1. The molecule has 0 spiro atoms. The zero-order chi connectivity index (χ0) is 9.42. The molecule has 0 fully saturated rings. The molecule has 1 aliphatic rings. The van der Waals surface area contributed by atoms with Gasteiger partial charge >= 0.3 is 0 Å². The Morgan fingerprint density at radius 1 is 1.54 bits per heavy atom. The van der Waals surface area contributed by atoms with Crippen molar-refractivity contribution in [2.75, 3.05) is 0 Å². The first-order valence-corrected chi connectivity index (χ1v) is 4.36. The normalized spacial score (nSPS) is 19.8. The number of aromatic hydroxyl groups is 1. The molecule has 1 aromatic carbocycles. The van der Waals surface area contributed by atoms with E-state index in [0.717, 1.165) is 12.0 Å². The van der Waals surface area contributed by atoms with Crippen molar-refractivity contribution >= 4 is 5.91 Å². The molecule has 1 amide bonds. The lowest BCUT2D eigenvalue weighted by molar-refractivity contribution is 0.0955. The standard InChI is InChI=1S/C10H11NO2/c1-2-9-7-4-3-6(12)5-8(7)10(13)11-9/h3-5,9,12H,2H2,1H3,(H,11,13). The Balaban J connectivity index is 2.52. The molecule has 0 radical (unpaired) electrons. The minimum atomic E-state index is -0.0854. The smallest absolute Gasteiger partial charge is 0.252 e. The average molecular weight is 177 g/mol. The maximum Gasteiger partial charge on any atom is 0.252 e. The topological polar surface area (TPSA) is 49.3 Å². The summed E-state index contributed by atoms with van der Waals surface area (Å²) in [6, 6.07) is 5.04. The van der Waals surface area contributed by atoms with Crippen molar-refractivity contribution < 1.29 is 9.90 Å². The summed E-state index contributed by atoms with van der Waals surface area (Å²) in [6.45, 7) is 2.02. The number of benzene rings is 1. The predicted octanol–water partition coefficient (Wildman–Crippen LogP) is 1.59. The minimum absolute atomic E-state index is 0.0854. The third kappa shape index (κ3) is 1.16. The number of fused-ring (bicyclic) bond motifs is 1. The Bertz CT molecular complexity index is 360. The van der Waals surface area contributed by atoms with Crippen LogP contribution in [-0.4, -0.2) is 11.0 Å². The number of phenolic OH excluding ortho intramolecular Hbond substituents is 1. The molecule has 1 unspecified atom stereocenters. The SMILES string of the molecule is CCC1NC(=O)c2cc(O)ccc21. The lowest BCUT2D eigenvalue weighted by atomic mass is 10.0. The van der Waals surface area contributed by atoms with Gasteiger partial charge in [0, 0.05) is 5.56 Å². The van der Waals surface area contributed by atoms with E-state index in [1.54, 1.807) is 12.1 Å². The van der Waals surface area contributed by atoms with E-state index in [9.17, 15) is 9.90 Å². The van der Waals surface area contributed by atoms with E-state index in [1.807, 2.05) is 6.92 Å². The predicted molar refractivity (Wildman–Crippen MR) is 48.6 cm³/mol. The first-order chi connectivity index (χ1) is 6.22. The van der Waals surface area contributed by atoms with Crippen LogP contribution in [0.25, 0.3) is 0 Å². The molecule has 1 atom stereocenters. The number of nitrogens with one attached hydrogen (secondary N) is 1. The molecule has 2 rings (SSSR count). The maximum absolute atomic E-state index is 11.4. The van der Waals surface area contributed by atoms with Gasteiger partial charge in [-0.15, -0.1) is 0 Å². The highest BCUT2D eigenvalue weighted by Gasteiger charge is 2.26. The summed E-state index contributed by atoms with van der Waals surface area (Å²) in [5.74, 6) is 0.0587. The van der Waals surface area contributed by atoms with Crippen LogP contribution < -0.4 is 5.32 Å². The molecule has 0 saturated heterocycles. The number of hydrogen-bond donors (Lipinski definition) is 2. The van der Waals surface area contributed by atoms with Gasteiger partial charge < -0.3 is 10.4 Å². The summed E-state index contributed by atoms with van der Waals surface area (Å²) < 4.78 is 0. The van der Waals surface area contributed by atoms with E-state index in [0.29, 0.717) is 5.56 Å². The Kier molecular flexibility index (Phi) is 1.72. The lowest BCUT2D eigenvalue weighted by Crippen LogP contribution is -2.17. The van der Waals surface area contributed by atoms with Crippen molar-refractivity contribution in [1.29, 1.82) is 0 Å². The molecular weight excluding hydrogens is 166 g/mol. The molecular formula is C10H11NO2. The molecule has 2 N–H and O–H groups in total. The first kappa shape index (κ1) is 8.10. The Hall–Kier alpha value is -1.51. The van der Waals surface area contributed by atoms with Gasteiger partial charge in [-0.3, -0.25) is 4.79 Å². The van der Waals surface area contributed by atoms with Gasteiger partial charge in [0.25, 0.3) is 5.91 Å². The van der Waals surface area contributed by atoms with Crippen LogP contribution in [0.4, 0.5) is 0 Å². The average Bonchev–Trinajstić information content (AvgIpc) is 2.43. The Morgan fingerprint density at radius 2 is 2.31 bits per heavy atom. The Labute approximate surface area is 76.4 Å². The van der Waals surface area contributed by atoms with Crippen molar-refractivity contribution in [2.24, 2.45) is 0 Å². The van der Waals surface area contributed by atoms with Crippen LogP contribution >= 0.6 is 0 Å². The van der Waals surface area contributed by atoms with E-state index in [4.69, 9.17) is 0 Å². The van der Waals surface area contributed by atoms with Gasteiger partial charge in [-0.05, 0) is 24.1 Å². The van der Waals surface area contributed by atoms with Gasteiger partial charge in [0.05, 0.1) is 6.04 Å². The highest BCUT2D eigenvalue weighted by Crippen LogP contribution is 2.29. The Morgan fingerprint density at radius 3 is 3.00 bits per heavy atom. The van der Waals surface area contributed by atoms with Crippen molar-refractivity contribution in [3.8, 4) is 5.75 Å². The summed E-state index contributed by atoms with van der Waals surface area (Å²) in [5, 5.41) is 12.0. The summed E-state index contributed by atoms with van der Waals surface area (Å²) in [7, 11) is 0. The zero-order valence-electron chi connectivity index (χ0n) is 7.37. The fourth-order valence-electron chi connectivity index (χ4n) is 1.68. The second-order valence-electron chi connectivity index (χ2n) is 3.21. The van der Waals surface area contributed by atoms with E-state index >= 15 is 0 Å². The van der Waals surface area contributed by atoms with Gasteiger partial charge in [0.15, 0.2) is 0 Å². The third-order valence-electron chi connectivity index (χ3n) is 2.37. The summed E-state index contributed by atoms with van der Waals surface area (Å²) in [5.41, 5.74) is 1.59. The molecule has 68 valence electrons. The van der Waals surface area contributed by atoms with E-state index in [1.165, 1.54) is 6.07 Å². The van der Waals surface area contributed by atoms with Gasteiger partial charge in [0.2, 0.25) is 0 Å². The van der Waals surface area contributed by atoms with Crippen LogP contribution in [0.5, 0.6) is 5.75 Å². The molecule has 13 heavy (non-hydrogen) atoms. The number of carbonyl (C=O) groups is 1. The lowest BCUT2D eigenvalue weighted by Gasteiger charge is -2.06. The fourth-order valence-corrected chi connectivity index (χ4v) is 1.68. The minimum Gasteiger partial charge on any atom is -0.508 e. The van der Waals surface area contributed by atoms with Crippen molar-refractivity contribution in [1.82, 2.24) is 5.32 Å². The molecule has 0 saturated carbocycles. The fraction of sp³-hybridized carbons (Fsp3) is 0.300. The van der Waals surface area contributed by atoms with Crippen LogP contribution in [-0.2, 0) is 0 Å². The molecule has 0 aliphatic carbocycles. The quantitative estimate of drug-likeness (QED) is 0.684. The van der Waals surface area contributed by atoms with Gasteiger partial charge in [-0.2, -0.15) is 0 Å². The molecule has 1 aromatic rings. The summed E-state index contributed by atoms with van der Waals surface area (Å²) in [6.07, 6.45) is 0.878. The van der Waals surface area contributed by atoms with Crippen LogP contribution in [0, 0.1) is 0 Å². The maximum atomic E-state index is 11.4. The number of phenols is 1. The monoisotopic (exact) mass is 177 g/mol. The van der Waals surface area contributed by atoms with Crippen molar-refractivity contribution in [3.05, 3.63) is 29.3 Å². The van der Waals surface area contributed by atoms with Crippen molar-refractivity contribution in [3.63, 3.8) is 0 Å². The molecule has 1 heterocycles. The summed E-state index contributed by atoms with van der Waals surface area (Å²) >= 11 is 0. The summed E-state index contributed by atoms with van der Waals surface area (Å²) in [4.78, 5) is 11.4. The second-order valence-corrected chi connectivity index (χ2v) is 3.21. The van der Waals surface area contributed by atoms with Crippen LogP contribution in [0.15, 0.2) is 18.2 Å². The van der Waals surface area contributed by atoms with Crippen LogP contribution in [0.1, 0.15) is 35.3 Å². The van der Waals surface area contributed by atoms with Crippen LogP contribution in [0.3, 0.4) is 0 Å². The van der Waals surface area contributed by atoms with E-state index in [2.05, 4.69) is 5.32 Å². The third-order valence-corrected chi connectivity index (χ3v) is 2.37. The number of hydrogen-bond acceptors (Lipinski definition) is 2. The number of rotatable bonds is 1. The van der Waals surface area contributed by atoms with E-state index in [-0.39, 0.29) is 17.7 Å². The number of carbonyl (C=O) groups excluding carboxylic acids is 1. The largest absolute Gasteiger partial charge is 0.508 e. The highest BCUT2D eigenvalue weighted by atomic mass is 16.3. The second kappa shape index (κ2) is 2.76. The van der Waals surface area contributed by atoms with E-state index < -0.39 is 0 Å². The highest BCUT2D eigenvalue weighted by molar-refractivity contribution is 5.99. The van der Waals surface area contributed by atoms with Crippen molar-refractivity contribution in [2.45, 2.75) is 19.4 Å². The molecule has 0 bridgehead atoms. The molecule has 0 aromatic heterocycles.